The van der Waals surface area contributed by atoms with Crippen LogP contribution < -0.4 is 4.74 Å². The van der Waals surface area contributed by atoms with Gasteiger partial charge in [0, 0.05) is 19.9 Å². The van der Waals surface area contributed by atoms with Gasteiger partial charge in [-0.05, 0) is 72.0 Å². The zero-order valence-electron chi connectivity index (χ0n) is 14.8. The van der Waals surface area contributed by atoms with Crippen molar-refractivity contribution in [3.63, 3.8) is 0 Å². The van der Waals surface area contributed by atoms with E-state index in [9.17, 15) is 5.11 Å². The molecule has 0 amide bonds. The molecule has 0 spiro atoms. The van der Waals surface area contributed by atoms with Gasteiger partial charge in [-0.15, -0.1) is 11.3 Å². The molecule has 0 saturated carbocycles. The number of thiophene rings is 1. The van der Waals surface area contributed by atoms with Crippen LogP contribution >= 0.6 is 43.2 Å². The summed E-state index contributed by atoms with van der Waals surface area (Å²) < 4.78 is 9.60. The topological polar surface area (TPSA) is 29.5 Å². The molecule has 5 heteroatoms. The summed E-state index contributed by atoms with van der Waals surface area (Å²) in [4.78, 5) is 0. The maximum Gasteiger partial charge on any atom is 0.174 e. The third kappa shape index (κ3) is 2.57. The van der Waals surface area contributed by atoms with E-state index in [1.165, 1.54) is 20.2 Å². The SMILES string of the molecule is COc1c(O)cc(-c2c3ccccc3c(Br)c3sc4ccccc4c23)cc1Br. The predicted molar refractivity (Wildman–Crippen MR) is 126 cm³/mol. The molecule has 2 nitrogen and oxygen atoms in total. The predicted octanol–water partition coefficient (Wildman–Crippen LogP) is 8.11. The Morgan fingerprint density at radius 3 is 2.29 bits per heavy atom. The molecule has 1 N–H and O–H groups in total. The Hall–Kier alpha value is -2.08. The summed E-state index contributed by atoms with van der Waals surface area (Å²) >= 11 is 9.18. The number of fused-ring (bicyclic) bond motifs is 4. The molecule has 0 fully saturated rings. The highest BCUT2D eigenvalue weighted by molar-refractivity contribution is 9.11. The number of halogens is 2. The minimum atomic E-state index is 0.117. The second-order valence-electron chi connectivity index (χ2n) is 6.55. The molecule has 4 aromatic carbocycles. The molecule has 1 aromatic heterocycles. The molecule has 1 heterocycles. The van der Waals surface area contributed by atoms with Gasteiger partial charge < -0.3 is 9.84 Å². The Morgan fingerprint density at radius 2 is 1.57 bits per heavy atom. The third-order valence-corrected chi connectivity index (χ3v) is 7.86. The summed E-state index contributed by atoms with van der Waals surface area (Å²) in [6.45, 7) is 0. The van der Waals surface area contributed by atoms with Gasteiger partial charge in [-0.3, -0.25) is 0 Å². The van der Waals surface area contributed by atoms with Crippen LogP contribution in [0.25, 0.3) is 42.1 Å². The van der Waals surface area contributed by atoms with Crippen molar-refractivity contribution < 1.29 is 9.84 Å². The second kappa shape index (κ2) is 6.76. The summed E-state index contributed by atoms with van der Waals surface area (Å²) in [6, 6.07) is 20.6. The summed E-state index contributed by atoms with van der Waals surface area (Å²) in [5.74, 6) is 0.558. The highest BCUT2D eigenvalue weighted by atomic mass is 79.9. The van der Waals surface area contributed by atoms with E-state index >= 15 is 0 Å². The van der Waals surface area contributed by atoms with Gasteiger partial charge in [-0.1, -0.05) is 42.5 Å². The van der Waals surface area contributed by atoms with E-state index in [1.54, 1.807) is 24.5 Å². The molecule has 0 aliphatic heterocycles. The Morgan fingerprint density at radius 1 is 0.893 bits per heavy atom. The number of hydrogen-bond acceptors (Lipinski definition) is 3. The molecular formula is C23H14Br2O2S. The number of methoxy groups -OCH3 is 1. The van der Waals surface area contributed by atoms with Crippen LogP contribution in [0, 0.1) is 0 Å². The van der Waals surface area contributed by atoms with E-state index in [0.29, 0.717) is 5.75 Å². The molecule has 0 saturated heterocycles. The Balaban J connectivity index is 2.03. The first-order valence-corrected chi connectivity index (χ1v) is 11.1. The Bertz CT molecular complexity index is 1370. The van der Waals surface area contributed by atoms with Crippen LogP contribution in [0.3, 0.4) is 0 Å². The van der Waals surface area contributed by atoms with Gasteiger partial charge in [0.1, 0.15) is 0 Å². The minimum Gasteiger partial charge on any atom is -0.504 e. The number of benzene rings is 4. The van der Waals surface area contributed by atoms with E-state index in [4.69, 9.17) is 4.74 Å². The van der Waals surface area contributed by atoms with Gasteiger partial charge in [0.2, 0.25) is 0 Å². The lowest BCUT2D eigenvalue weighted by atomic mass is 9.93. The van der Waals surface area contributed by atoms with Crippen LogP contribution in [-0.4, -0.2) is 12.2 Å². The third-order valence-electron chi connectivity index (χ3n) is 4.99. The van der Waals surface area contributed by atoms with Gasteiger partial charge in [0.05, 0.1) is 16.3 Å². The number of aromatic hydroxyl groups is 1. The summed E-state index contributed by atoms with van der Waals surface area (Å²) in [5.41, 5.74) is 2.06. The lowest BCUT2D eigenvalue weighted by Gasteiger charge is -2.14. The number of phenolic OH excluding ortho intramolecular Hbond substituents is 1. The molecule has 0 aliphatic carbocycles. The van der Waals surface area contributed by atoms with Gasteiger partial charge in [0.15, 0.2) is 11.5 Å². The van der Waals surface area contributed by atoms with E-state index in [-0.39, 0.29) is 5.75 Å². The van der Waals surface area contributed by atoms with Crippen LogP contribution in [0.2, 0.25) is 0 Å². The minimum absolute atomic E-state index is 0.117. The van der Waals surface area contributed by atoms with E-state index < -0.39 is 0 Å². The zero-order valence-corrected chi connectivity index (χ0v) is 18.8. The monoisotopic (exact) mass is 512 g/mol. The summed E-state index contributed by atoms with van der Waals surface area (Å²) in [5, 5.41) is 15.2. The van der Waals surface area contributed by atoms with Crippen molar-refractivity contribution in [1.82, 2.24) is 0 Å². The first kappa shape index (κ1) is 18.0. The number of ether oxygens (including phenoxy) is 1. The largest absolute Gasteiger partial charge is 0.504 e. The average Bonchev–Trinajstić information content (AvgIpc) is 3.08. The van der Waals surface area contributed by atoms with E-state index in [0.717, 1.165) is 30.8 Å². The molecule has 5 rings (SSSR count). The standard InChI is InChI=1S/C23H14Br2O2S/c1-27-22-16(24)10-12(11-17(22)26)19-13-6-2-3-7-14(13)21(25)23-20(19)15-8-4-5-9-18(15)28-23/h2-11,26H,1H3. The number of rotatable bonds is 2. The molecule has 5 aromatic rings. The highest BCUT2D eigenvalue weighted by Gasteiger charge is 2.20. The molecule has 0 radical (unpaired) electrons. The van der Waals surface area contributed by atoms with Gasteiger partial charge in [-0.2, -0.15) is 0 Å². The fraction of sp³-hybridized carbons (Fsp3) is 0.0435. The number of phenols is 1. The quantitative estimate of drug-likeness (QED) is 0.258. The molecule has 0 aliphatic rings. The average molecular weight is 514 g/mol. The van der Waals surface area contributed by atoms with Crippen LogP contribution in [0.4, 0.5) is 0 Å². The van der Waals surface area contributed by atoms with Crippen LogP contribution in [-0.2, 0) is 0 Å². The van der Waals surface area contributed by atoms with Crippen molar-refractivity contribution in [2.75, 3.05) is 7.11 Å². The van der Waals surface area contributed by atoms with Gasteiger partial charge in [-0.25, -0.2) is 0 Å². The van der Waals surface area contributed by atoms with E-state index in [2.05, 4.69) is 80.4 Å². The summed E-state index contributed by atoms with van der Waals surface area (Å²) in [6.07, 6.45) is 0. The van der Waals surface area contributed by atoms with Crippen molar-refractivity contribution >= 4 is 74.1 Å². The lowest BCUT2D eigenvalue weighted by Crippen LogP contribution is -1.89. The van der Waals surface area contributed by atoms with Crippen LogP contribution in [0.1, 0.15) is 0 Å². The maximum atomic E-state index is 10.5. The molecule has 0 atom stereocenters. The highest BCUT2D eigenvalue weighted by Crippen LogP contribution is 2.50. The van der Waals surface area contributed by atoms with Crippen molar-refractivity contribution in [2.24, 2.45) is 0 Å². The first-order valence-electron chi connectivity index (χ1n) is 8.68. The molecule has 28 heavy (non-hydrogen) atoms. The maximum absolute atomic E-state index is 10.5. The molecule has 0 bridgehead atoms. The van der Waals surface area contributed by atoms with Gasteiger partial charge in [0.25, 0.3) is 0 Å². The smallest absolute Gasteiger partial charge is 0.174 e. The summed E-state index contributed by atoms with van der Waals surface area (Å²) in [7, 11) is 1.55. The van der Waals surface area contributed by atoms with Gasteiger partial charge >= 0.3 is 0 Å². The lowest BCUT2D eigenvalue weighted by molar-refractivity contribution is 0.371. The molecule has 0 unspecified atom stereocenters. The van der Waals surface area contributed by atoms with Crippen molar-refractivity contribution in [1.29, 1.82) is 0 Å². The fourth-order valence-electron chi connectivity index (χ4n) is 3.82. The van der Waals surface area contributed by atoms with Crippen molar-refractivity contribution in [2.45, 2.75) is 0 Å². The second-order valence-corrected chi connectivity index (χ2v) is 9.25. The normalized spacial score (nSPS) is 11.5. The fourth-order valence-corrected chi connectivity index (χ4v) is 6.38. The first-order chi connectivity index (χ1) is 13.6. The zero-order chi connectivity index (χ0) is 19.4. The molecule has 138 valence electrons. The van der Waals surface area contributed by atoms with E-state index in [1.807, 2.05) is 6.07 Å². The Labute approximate surface area is 182 Å². The molecular weight excluding hydrogens is 500 g/mol. The van der Waals surface area contributed by atoms with Crippen molar-refractivity contribution in [3.05, 3.63) is 69.6 Å². The van der Waals surface area contributed by atoms with Crippen LogP contribution in [0.5, 0.6) is 11.5 Å². The Kier molecular flexibility index (Phi) is 4.34. The van der Waals surface area contributed by atoms with Crippen molar-refractivity contribution in [3.8, 4) is 22.6 Å². The van der Waals surface area contributed by atoms with Crippen LogP contribution in [0.15, 0.2) is 69.6 Å². The number of hydrogen-bond donors (Lipinski definition) is 1.